The summed E-state index contributed by atoms with van der Waals surface area (Å²) in [6.07, 6.45) is 3.65. The molecular formula is C24H24F2N6O3S. The Hall–Kier alpha value is -3.25. The van der Waals surface area contributed by atoms with Gasteiger partial charge in [0.15, 0.2) is 5.69 Å². The van der Waals surface area contributed by atoms with E-state index in [1.54, 1.807) is 12.3 Å². The Labute approximate surface area is 205 Å². The second kappa shape index (κ2) is 8.13. The number of carbonyl (C=O) groups excluding carboxylic acids is 1. The van der Waals surface area contributed by atoms with E-state index in [-0.39, 0.29) is 16.6 Å². The Kier molecular flexibility index (Phi) is 5.23. The van der Waals surface area contributed by atoms with Crippen LogP contribution in [0.15, 0.2) is 35.4 Å². The molecule has 1 atom stereocenters. The number of nitrogens with one attached hydrogen (secondary N) is 2. The lowest BCUT2D eigenvalue weighted by Crippen LogP contribution is -2.50. The lowest BCUT2D eigenvalue weighted by molar-refractivity contribution is -0.0876. The van der Waals surface area contributed by atoms with Gasteiger partial charge in [0.05, 0.1) is 4.90 Å². The van der Waals surface area contributed by atoms with E-state index in [4.69, 9.17) is 5.73 Å². The Bertz CT molecular complexity index is 1480. The Morgan fingerprint density at radius 1 is 1.08 bits per heavy atom. The molecule has 3 aromatic rings. The zero-order valence-electron chi connectivity index (χ0n) is 19.2. The second-order valence-electron chi connectivity index (χ2n) is 9.95. The largest absolute Gasteiger partial charge is 0.365 e. The molecule has 0 unspecified atom stereocenters. The van der Waals surface area contributed by atoms with Gasteiger partial charge in [0, 0.05) is 53.5 Å². The topological polar surface area (TPSA) is 140 Å². The molecule has 4 N–H and O–H groups in total. The van der Waals surface area contributed by atoms with E-state index in [0.29, 0.717) is 40.9 Å². The number of aromatic nitrogens is 3. The van der Waals surface area contributed by atoms with Crippen molar-refractivity contribution in [3.8, 4) is 0 Å². The average Bonchev–Trinajstić information content (AvgIpc) is 3.56. The van der Waals surface area contributed by atoms with Crippen LogP contribution in [0, 0.1) is 0 Å². The molecule has 3 aliphatic carbocycles. The number of nitrogens with two attached hydrogens (primary N) is 1. The minimum Gasteiger partial charge on any atom is -0.365 e. The minimum absolute atomic E-state index is 0.0431. The second-order valence-corrected chi connectivity index (χ2v) is 11.6. The van der Waals surface area contributed by atoms with Gasteiger partial charge >= 0.3 is 0 Å². The number of anilines is 1. The first kappa shape index (κ1) is 23.2. The third-order valence-corrected chi connectivity index (χ3v) is 8.70. The molecule has 1 amide bonds. The lowest BCUT2D eigenvalue weighted by atomic mass is 9.89. The van der Waals surface area contributed by atoms with Gasteiger partial charge in [-0.15, -0.1) is 10.2 Å². The molecule has 12 heteroatoms. The number of primary amides is 1. The van der Waals surface area contributed by atoms with Crippen LogP contribution in [-0.2, 0) is 22.9 Å². The number of pyridine rings is 1. The molecule has 1 aromatic carbocycles. The van der Waals surface area contributed by atoms with Crippen molar-refractivity contribution in [3.63, 3.8) is 0 Å². The van der Waals surface area contributed by atoms with Gasteiger partial charge in [0.2, 0.25) is 10.0 Å². The number of hydrogen-bond acceptors (Lipinski definition) is 7. The fourth-order valence-electron chi connectivity index (χ4n) is 5.15. The first-order valence-corrected chi connectivity index (χ1v) is 13.3. The van der Waals surface area contributed by atoms with Crippen molar-refractivity contribution in [2.45, 2.75) is 67.3 Å². The van der Waals surface area contributed by atoms with Gasteiger partial charge < -0.3 is 11.1 Å². The van der Waals surface area contributed by atoms with Crippen molar-refractivity contribution in [1.82, 2.24) is 19.9 Å². The van der Waals surface area contributed by atoms with Crippen molar-refractivity contribution < 1.29 is 22.0 Å². The average molecular weight is 515 g/mol. The summed E-state index contributed by atoms with van der Waals surface area (Å²) >= 11 is 0. The van der Waals surface area contributed by atoms with E-state index < -0.39 is 40.7 Å². The van der Waals surface area contributed by atoms with Crippen LogP contribution in [0.5, 0.6) is 0 Å². The highest BCUT2D eigenvalue weighted by Gasteiger charge is 2.47. The normalized spacial score (nSPS) is 21.2. The number of rotatable bonds is 7. The standard InChI is InChI=1S/C24H24F2N6O3S/c25-24(26)9-16(10-24)32-36(34,35)22-17-7-15(29-21-4-3-19(23(27)33)30-31-21)6-13(17)5-14-11-28-20(8-18(14)22)12-1-2-12/h3-5,8,11-12,15-16,32H,1-2,6-7,9-10H2,(H2,27,33)(H,29,31)/t15-/m1/s1. The third-order valence-electron chi connectivity index (χ3n) is 7.05. The summed E-state index contributed by atoms with van der Waals surface area (Å²) in [6.45, 7) is 0. The number of alkyl halides is 2. The summed E-state index contributed by atoms with van der Waals surface area (Å²) in [4.78, 5) is 15.9. The number of halogens is 2. The van der Waals surface area contributed by atoms with Gasteiger partial charge in [-0.3, -0.25) is 9.78 Å². The van der Waals surface area contributed by atoms with E-state index >= 15 is 0 Å². The molecule has 0 spiro atoms. The molecule has 0 radical (unpaired) electrons. The number of nitrogens with zero attached hydrogens (tertiary/aromatic N) is 3. The summed E-state index contributed by atoms with van der Waals surface area (Å²) in [5.74, 6) is -2.76. The molecule has 2 heterocycles. The Morgan fingerprint density at radius 3 is 2.50 bits per heavy atom. The SMILES string of the molecule is NC(=O)c1ccc(N[C@@H]2Cc3cc4cnc(C5CC5)cc4c(S(=O)(=O)NC4CC(F)(F)C4)c3C2)nn1. The quantitative estimate of drug-likeness (QED) is 0.440. The smallest absolute Gasteiger partial charge is 0.269 e. The summed E-state index contributed by atoms with van der Waals surface area (Å²) in [5, 5.41) is 12.3. The number of hydrogen-bond donors (Lipinski definition) is 3. The van der Waals surface area contributed by atoms with Gasteiger partial charge in [-0.25, -0.2) is 21.9 Å². The third kappa shape index (κ3) is 4.28. The van der Waals surface area contributed by atoms with Gasteiger partial charge in [-0.1, -0.05) is 0 Å². The summed E-state index contributed by atoms with van der Waals surface area (Å²) in [7, 11) is -4.07. The van der Waals surface area contributed by atoms with Crippen molar-refractivity contribution >= 4 is 32.5 Å². The van der Waals surface area contributed by atoms with E-state index in [0.717, 1.165) is 24.1 Å². The highest BCUT2D eigenvalue weighted by atomic mass is 32.2. The molecule has 36 heavy (non-hydrogen) atoms. The van der Waals surface area contributed by atoms with Gasteiger partial charge in [0.1, 0.15) is 5.82 Å². The molecule has 2 aromatic heterocycles. The zero-order chi connectivity index (χ0) is 25.2. The van der Waals surface area contributed by atoms with Crippen LogP contribution >= 0.6 is 0 Å². The van der Waals surface area contributed by atoms with E-state index in [9.17, 15) is 22.0 Å². The molecule has 0 aliphatic heterocycles. The van der Waals surface area contributed by atoms with Crippen LogP contribution in [0.1, 0.15) is 58.9 Å². The maximum atomic E-state index is 13.6. The van der Waals surface area contributed by atoms with Crippen molar-refractivity contribution in [3.05, 3.63) is 53.0 Å². The van der Waals surface area contributed by atoms with Crippen molar-refractivity contribution in [2.24, 2.45) is 5.73 Å². The zero-order valence-corrected chi connectivity index (χ0v) is 20.0. The van der Waals surface area contributed by atoms with Gasteiger partial charge in [-0.2, -0.15) is 0 Å². The fraction of sp³-hybridized carbons (Fsp3) is 0.417. The molecule has 2 saturated carbocycles. The predicted molar refractivity (Wildman–Crippen MR) is 127 cm³/mol. The van der Waals surface area contributed by atoms with Crippen LogP contribution in [0.2, 0.25) is 0 Å². The molecule has 0 bridgehead atoms. The van der Waals surface area contributed by atoms with Gasteiger partial charge in [0.25, 0.3) is 11.8 Å². The van der Waals surface area contributed by atoms with Gasteiger partial charge in [-0.05, 0) is 61.1 Å². The molecule has 9 nitrogen and oxygen atoms in total. The fourth-order valence-corrected chi connectivity index (χ4v) is 6.88. The minimum atomic E-state index is -4.07. The van der Waals surface area contributed by atoms with Crippen LogP contribution in [0.25, 0.3) is 10.8 Å². The van der Waals surface area contributed by atoms with Crippen LogP contribution in [0.3, 0.4) is 0 Å². The van der Waals surface area contributed by atoms with E-state index in [1.807, 2.05) is 12.1 Å². The maximum Gasteiger partial charge on any atom is 0.269 e. The molecule has 3 aliphatic rings. The first-order chi connectivity index (χ1) is 17.1. The Balaban J connectivity index is 1.36. The number of amides is 1. The predicted octanol–water partition coefficient (Wildman–Crippen LogP) is 2.66. The molecular weight excluding hydrogens is 490 g/mol. The van der Waals surface area contributed by atoms with Crippen molar-refractivity contribution in [2.75, 3.05) is 5.32 Å². The molecule has 188 valence electrons. The summed E-state index contributed by atoms with van der Waals surface area (Å²) in [6, 6.07) is 5.88. The van der Waals surface area contributed by atoms with E-state index in [2.05, 4.69) is 25.2 Å². The van der Waals surface area contributed by atoms with Crippen LogP contribution in [-0.4, -0.2) is 47.5 Å². The first-order valence-electron chi connectivity index (χ1n) is 11.8. The summed E-state index contributed by atoms with van der Waals surface area (Å²) < 4.78 is 56.6. The van der Waals surface area contributed by atoms with Crippen molar-refractivity contribution in [1.29, 1.82) is 0 Å². The monoisotopic (exact) mass is 514 g/mol. The van der Waals surface area contributed by atoms with Crippen LogP contribution < -0.4 is 15.8 Å². The Morgan fingerprint density at radius 2 is 1.86 bits per heavy atom. The highest BCUT2D eigenvalue weighted by molar-refractivity contribution is 7.89. The highest BCUT2D eigenvalue weighted by Crippen LogP contribution is 2.43. The molecule has 6 rings (SSSR count). The van der Waals surface area contributed by atoms with E-state index in [1.165, 1.54) is 6.07 Å². The number of sulfonamides is 1. The number of fused-ring (bicyclic) bond motifs is 2. The lowest BCUT2D eigenvalue weighted by Gasteiger charge is -2.35. The number of benzene rings is 1. The van der Waals surface area contributed by atoms with Crippen LogP contribution in [0.4, 0.5) is 14.6 Å². The summed E-state index contributed by atoms with van der Waals surface area (Å²) in [5.41, 5.74) is 7.62. The maximum absolute atomic E-state index is 13.6. The molecule has 0 saturated heterocycles. The number of carbonyl (C=O) groups is 1. The molecule has 2 fully saturated rings.